The summed E-state index contributed by atoms with van der Waals surface area (Å²) in [6.07, 6.45) is -1.12. The lowest BCUT2D eigenvalue weighted by atomic mass is 10.1. The van der Waals surface area contributed by atoms with Crippen LogP contribution in [0.15, 0.2) is 48.5 Å². The van der Waals surface area contributed by atoms with Gasteiger partial charge in [-0.05, 0) is 55.5 Å². The quantitative estimate of drug-likeness (QED) is 0.508. The molecule has 0 bridgehead atoms. The summed E-state index contributed by atoms with van der Waals surface area (Å²) in [7, 11) is 1.50. The molecule has 154 valence electrons. The third-order valence-electron chi connectivity index (χ3n) is 3.79. The highest BCUT2D eigenvalue weighted by Crippen LogP contribution is 2.16. The SMILES string of the molecule is COc1ccc(C(=O)NCC(=O)O[C@H](C)C(=O)c2ccc(OC(F)F)cc2)cc1. The number of hydrogen-bond donors (Lipinski definition) is 1. The number of halogens is 2. The van der Waals surface area contributed by atoms with E-state index < -0.39 is 36.9 Å². The number of Topliss-reactive ketones (excluding diaryl/α,β-unsaturated/α-hetero) is 1. The molecule has 2 aromatic carbocycles. The van der Waals surface area contributed by atoms with Crippen molar-refractivity contribution in [2.24, 2.45) is 0 Å². The summed E-state index contributed by atoms with van der Waals surface area (Å²) in [5.41, 5.74) is 0.489. The molecule has 0 aromatic heterocycles. The lowest BCUT2D eigenvalue weighted by Crippen LogP contribution is -2.34. The molecule has 0 spiro atoms. The van der Waals surface area contributed by atoms with Gasteiger partial charge in [0.15, 0.2) is 6.10 Å². The van der Waals surface area contributed by atoms with E-state index in [-0.39, 0.29) is 11.3 Å². The van der Waals surface area contributed by atoms with Crippen molar-refractivity contribution in [3.05, 3.63) is 59.7 Å². The minimum Gasteiger partial charge on any atom is -0.497 e. The van der Waals surface area contributed by atoms with Gasteiger partial charge >= 0.3 is 12.6 Å². The second-order valence-corrected chi connectivity index (χ2v) is 5.81. The molecule has 0 aliphatic rings. The number of amides is 1. The number of nitrogens with one attached hydrogen (secondary N) is 1. The van der Waals surface area contributed by atoms with Crippen LogP contribution >= 0.6 is 0 Å². The Morgan fingerprint density at radius 1 is 0.931 bits per heavy atom. The summed E-state index contributed by atoms with van der Waals surface area (Å²) in [6, 6.07) is 11.3. The minimum atomic E-state index is -2.97. The maximum Gasteiger partial charge on any atom is 0.387 e. The molecule has 2 rings (SSSR count). The minimum absolute atomic E-state index is 0.0950. The normalized spacial score (nSPS) is 11.5. The van der Waals surface area contributed by atoms with Crippen LogP contribution in [-0.2, 0) is 9.53 Å². The van der Waals surface area contributed by atoms with Gasteiger partial charge < -0.3 is 19.5 Å². The average molecular weight is 407 g/mol. The molecule has 1 amide bonds. The summed E-state index contributed by atoms with van der Waals surface area (Å²) in [5.74, 6) is -1.32. The van der Waals surface area contributed by atoms with Crippen molar-refractivity contribution in [3.8, 4) is 11.5 Å². The second-order valence-electron chi connectivity index (χ2n) is 5.81. The Balaban J connectivity index is 1.84. The topological polar surface area (TPSA) is 90.9 Å². The number of alkyl halides is 2. The lowest BCUT2D eigenvalue weighted by Gasteiger charge is -2.13. The standard InChI is InChI=1S/C20H19F2NO6/c1-12(18(25)13-3-9-16(10-4-13)29-20(21)22)28-17(24)11-23-19(26)14-5-7-15(27-2)8-6-14/h3-10,12,20H,11H2,1-2H3,(H,23,26)/t12-/m1/s1. The van der Waals surface area contributed by atoms with E-state index >= 15 is 0 Å². The van der Waals surface area contributed by atoms with E-state index in [1.54, 1.807) is 12.1 Å². The number of methoxy groups -OCH3 is 1. The van der Waals surface area contributed by atoms with Gasteiger partial charge in [0.1, 0.15) is 18.0 Å². The molecule has 0 fully saturated rings. The van der Waals surface area contributed by atoms with Crippen molar-refractivity contribution < 1.29 is 37.4 Å². The summed E-state index contributed by atoms with van der Waals surface area (Å²) in [4.78, 5) is 36.2. The summed E-state index contributed by atoms with van der Waals surface area (Å²) in [6.45, 7) is -2.02. The Bertz CT molecular complexity index is 852. The molecule has 1 atom stereocenters. The van der Waals surface area contributed by atoms with Gasteiger partial charge in [-0.25, -0.2) is 0 Å². The van der Waals surface area contributed by atoms with Crippen LogP contribution in [0.4, 0.5) is 8.78 Å². The van der Waals surface area contributed by atoms with Crippen molar-refractivity contribution in [3.63, 3.8) is 0 Å². The molecule has 0 aliphatic carbocycles. The zero-order valence-corrected chi connectivity index (χ0v) is 15.7. The van der Waals surface area contributed by atoms with E-state index in [1.807, 2.05) is 0 Å². The zero-order chi connectivity index (χ0) is 21.4. The van der Waals surface area contributed by atoms with Gasteiger partial charge in [-0.1, -0.05) is 0 Å². The van der Waals surface area contributed by atoms with Crippen LogP contribution in [0.2, 0.25) is 0 Å². The first-order valence-electron chi connectivity index (χ1n) is 8.51. The zero-order valence-electron chi connectivity index (χ0n) is 15.7. The van der Waals surface area contributed by atoms with Gasteiger partial charge in [-0.15, -0.1) is 0 Å². The third-order valence-corrected chi connectivity index (χ3v) is 3.79. The van der Waals surface area contributed by atoms with Crippen molar-refractivity contribution in [1.29, 1.82) is 0 Å². The van der Waals surface area contributed by atoms with Crippen molar-refractivity contribution in [1.82, 2.24) is 5.32 Å². The highest BCUT2D eigenvalue weighted by Gasteiger charge is 2.20. The van der Waals surface area contributed by atoms with Crippen LogP contribution in [0.1, 0.15) is 27.6 Å². The average Bonchev–Trinajstić information content (AvgIpc) is 2.71. The maximum atomic E-state index is 12.3. The van der Waals surface area contributed by atoms with Crippen LogP contribution in [0.5, 0.6) is 11.5 Å². The van der Waals surface area contributed by atoms with E-state index in [0.717, 1.165) is 0 Å². The number of esters is 1. The second kappa shape index (κ2) is 10.2. The number of ketones is 1. The van der Waals surface area contributed by atoms with E-state index in [1.165, 1.54) is 50.4 Å². The van der Waals surface area contributed by atoms with Crippen molar-refractivity contribution in [2.75, 3.05) is 13.7 Å². The Hall–Kier alpha value is -3.49. The fraction of sp³-hybridized carbons (Fsp3) is 0.250. The van der Waals surface area contributed by atoms with Gasteiger partial charge in [0.05, 0.1) is 7.11 Å². The van der Waals surface area contributed by atoms with Crippen LogP contribution in [-0.4, -0.2) is 44.0 Å². The number of carbonyl (C=O) groups excluding carboxylic acids is 3. The molecule has 29 heavy (non-hydrogen) atoms. The van der Waals surface area contributed by atoms with Gasteiger partial charge in [0.25, 0.3) is 5.91 Å². The van der Waals surface area contributed by atoms with E-state index in [0.29, 0.717) is 11.3 Å². The predicted octanol–water partition coefficient (Wildman–Crippen LogP) is 2.84. The highest BCUT2D eigenvalue weighted by molar-refractivity contribution is 6.00. The lowest BCUT2D eigenvalue weighted by molar-refractivity contribution is -0.145. The number of hydrogen-bond acceptors (Lipinski definition) is 6. The van der Waals surface area contributed by atoms with Gasteiger partial charge in [-0.3, -0.25) is 14.4 Å². The fourth-order valence-electron chi connectivity index (χ4n) is 2.32. The third kappa shape index (κ3) is 6.56. The predicted molar refractivity (Wildman–Crippen MR) is 98.3 cm³/mol. The highest BCUT2D eigenvalue weighted by atomic mass is 19.3. The molecule has 2 aromatic rings. The van der Waals surface area contributed by atoms with Gasteiger partial charge in [-0.2, -0.15) is 8.78 Å². The maximum absolute atomic E-state index is 12.3. The fourth-order valence-corrected chi connectivity index (χ4v) is 2.32. The molecule has 0 unspecified atom stereocenters. The van der Waals surface area contributed by atoms with Crippen LogP contribution in [0.25, 0.3) is 0 Å². The Kier molecular flexibility index (Phi) is 7.64. The van der Waals surface area contributed by atoms with Crippen LogP contribution in [0, 0.1) is 0 Å². The van der Waals surface area contributed by atoms with Gasteiger partial charge in [0.2, 0.25) is 5.78 Å². The van der Waals surface area contributed by atoms with E-state index in [4.69, 9.17) is 9.47 Å². The molecule has 0 aliphatic heterocycles. The van der Waals surface area contributed by atoms with E-state index in [2.05, 4.69) is 10.1 Å². The molecule has 0 radical (unpaired) electrons. The van der Waals surface area contributed by atoms with Crippen LogP contribution < -0.4 is 14.8 Å². The van der Waals surface area contributed by atoms with Crippen LogP contribution in [0.3, 0.4) is 0 Å². The molecular formula is C20H19F2NO6. The summed E-state index contributed by atoms with van der Waals surface area (Å²) < 4.78 is 38.5. The van der Waals surface area contributed by atoms with E-state index in [9.17, 15) is 23.2 Å². The molecule has 0 saturated heterocycles. The Morgan fingerprint density at radius 3 is 2.03 bits per heavy atom. The smallest absolute Gasteiger partial charge is 0.387 e. The largest absolute Gasteiger partial charge is 0.497 e. The monoisotopic (exact) mass is 407 g/mol. The van der Waals surface area contributed by atoms with Crippen molar-refractivity contribution >= 4 is 17.7 Å². The number of ether oxygens (including phenoxy) is 3. The first-order valence-corrected chi connectivity index (χ1v) is 8.51. The molecule has 9 heteroatoms. The molecular weight excluding hydrogens is 388 g/mol. The summed E-state index contributed by atoms with van der Waals surface area (Å²) >= 11 is 0. The number of carbonyl (C=O) groups is 3. The van der Waals surface area contributed by atoms with Gasteiger partial charge in [0, 0.05) is 11.1 Å². The Labute approximate surface area is 165 Å². The first-order chi connectivity index (χ1) is 13.8. The summed E-state index contributed by atoms with van der Waals surface area (Å²) in [5, 5.41) is 2.39. The molecule has 0 heterocycles. The molecule has 1 N–H and O–H groups in total. The number of benzene rings is 2. The number of rotatable bonds is 9. The first kappa shape index (κ1) is 21.8. The Morgan fingerprint density at radius 2 is 1.48 bits per heavy atom. The molecule has 7 nitrogen and oxygen atoms in total. The molecule has 0 saturated carbocycles. The van der Waals surface area contributed by atoms with Crippen molar-refractivity contribution in [2.45, 2.75) is 19.6 Å².